The summed E-state index contributed by atoms with van der Waals surface area (Å²) in [5, 5.41) is 1.22. The maximum Gasteiger partial charge on any atom is 0.311 e. The molecule has 1 aromatic carbocycles. The highest BCUT2D eigenvalue weighted by Crippen LogP contribution is 2.58. The number of hydrogen-bond acceptors (Lipinski definition) is 3. The van der Waals surface area contributed by atoms with Gasteiger partial charge in [0, 0.05) is 5.39 Å². The number of aryl methyl sites for hydroxylation is 1. The third-order valence-electron chi connectivity index (χ3n) is 7.03. The second-order valence-electron chi connectivity index (χ2n) is 8.13. The third kappa shape index (κ3) is 1.87. The summed E-state index contributed by atoms with van der Waals surface area (Å²) in [6.07, 6.45) is 6.99. The highest BCUT2D eigenvalue weighted by atomic mass is 16.5. The molecule has 3 heteroatoms. The molecule has 1 fully saturated rings. The summed E-state index contributed by atoms with van der Waals surface area (Å²) in [4.78, 5) is 12.6. The first-order valence-electron chi connectivity index (χ1n) is 9.00. The first-order valence-corrected chi connectivity index (χ1v) is 9.00. The van der Waals surface area contributed by atoms with E-state index in [1.807, 2.05) is 0 Å². The molecule has 1 saturated carbocycles. The highest BCUT2D eigenvalue weighted by Gasteiger charge is 2.55. The lowest BCUT2D eigenvalue weighted by Gasteiger charge is -2.54. The molecule has 2 aliphatic rings. The number of methoxy groups -OCH3 is 1. The lowest BCUT2D eigenvalue weighted by atomic mass is 9.49. The van der Waals surface area contributed by atoms with Gasteiger partial charge in [-0.15, -0.1) is 0 Å². The quantitative estimate of drug-likeness (QED) is 0.698. The Bertz CT molecular complexity index is 818. The van der Waals surface area contributed by atoms with Crippen LogP contribution in [0.5, 0.6) is 0 Å². The Hall–Kier alpha value is -1.77. The molecule has 0 aliphatic heterocycles. The minimum Gasteiger partial charge on any atom is -0.469 e. The zero-order valence-electron chi connectivity index (χ0n) is 15.1. The van der Waals surface area contributed by atoms with E-state index < -0.39 is 0 Å². The molecule has 0 saturated heterocycles. The summed E-state index contributed by atoms with van der Waals surface area (Å²) >= 11 is 0. The van der Waals surface area contributed by atoms with Gasteiger partial charge in [-0.3, -0.25) is 4.79 Å². The van der Waals surface area contributed by atoms with Gasteiger partial charge in [-0.1, -0.05) is 13.3 Å². The molecular formula is C21H26O3. The lowest BCUT2D eigenvalue weighted by Crippen LogP contribution is -2.52. The van der Waals surface area contributed by atoms with E-state index in [4.69, 9.17) is 9.15 Å². The SMILES string of the molecule is COC(=O)[C@]1(C)CCC[C@]2(C)c3cc4occc4c(C)c3CC[C@@H]12. The van der Waals surface area contributed by atoms with Crippen molar-refractivity contribution in [1.82, 2.24) is 0 Å². The van der Waals surface area contributed by atoms with Crippen molar-refractivity contribution in [2.45, 2.75) is 58.3 Å². The summed E-state index contributed by atoms with van der Waals surface area (Å²) < 4.78 is 10.9. The highest BCUT2D eigenvalue weighted by molar-refractivity contribution is 5.84. The monoisotopic (exact) mass is 326 g/mol. The molecule has 2 aromatic rings. The Morgan fingerprint density at radius 1 is 1.33 bits per heavy atom. The van der Waals surface area contributed by atoms with Crippen molar-refractivity contribution in [2.24, 2.45) is 11.3 Å². The first-order chi connectivity index (χ1) is 11.4. The Balaban J connectivity index is 1.91. The van der Waals surface area contributed by atoms with Crippen LogP contribution in [0.2, 0.25) is 0 Å². The number of carbonyl (C=O) groups is 1. The van der Waals surface area contributed by atoms with Crippen LogP contribution in [0.15, 0.2) is 22.8 Å². The Morgan fingerprint density at radius 3 is 2.88 bits per heavy atom. The van der Waals surface area contributed by atoms with Crippen molar-refractivity contribution in [3.63, 3.8) is 0 Å². The smallest absolute Gasteiger partial charge is 0.311 e. The normalized spacial score (nSPS) is 32.2. The molecule has 0 spiro atoms. The number of esters is 1. The van der Waals surface area contributed by atoms with Crippen molar-refractivity contribution < 1.29 is 13.9 Å². The average Bonchev–Trinajstić information content (AvgIpc) is 3.03. The zero-order valence-corrected chi connectivity index (χ0v) is 15.1. The predicted molar refractivity (Wildman–Crippen MR) is 94.1 cm³/mol. The maximum atomic E-state index is 12.6. The van der Waals surface area contributed by atoms with Crippen LogP contribution in [0.1, 0.15) is 56.2 Å². The largest absolute Gasteiger partial charge is 0.469 e. The van der Waals surface area contributed by atoms with Crippen LogP contribution in [0.25, 0.3) is 11.0 Å². The van der Waals surface area contributed by atoms with E-state index in [2.05, 4.69) is 32.9 Å². The van der Waals surface area contributed by atoms with Gasteiger partial charge in [0.25, 0.3) is 0 Å². The standard InChI is InChI=1S/C21H26O3/c1-13-14-6-7-18-20(2,9-5-10-21(18,3)19(22)23-4)16(14)12-17-15(13)8-11-24-17/h8,11-12,18H,5-7,9-10H2,1-4H3/t18-,20-,21-/m1/s1. The van der Waals surface area contributed by atoms with E-state index in [1.54, 1.807) is 6.26 Å². The fraction of sp³-hybridized carbons (Fsp3) is 0.571. The van der Waals surface area contributed by atoms with Crippen molar-refractivity contribution in [1.29, 1.82) is 0 Å². The van der Waals surface area contributed by atoms with Crippen molar-refractivity contribution >= 4 is 16.9 Å². The molecule has 0 bridgehead atoms. The molecule has 3 nitrogen and oxygen atoms in total. The van der Waals surface area contributed by atoms with Crippen LogP contribution in [0, 0.1) is 18.3 Å². The second-order valence-corrected chi connectivity index (χ2v) is 8.13. The Labute approximate surface area is 143 Å². The van der Waals surface area contributed by atoms with Gasteiger partial charge in [0.15, 0.2) is 0 Å². The van der Waals surface area contributed by atoms with E-state index in [0.29, 0.717) is 5.92 Å². The number of carbonyl (C=O) groups excluding carboxylic acids is 1. The van der Waals surface area contributed by atoms with E-state index in [0.717, 1.165) is 37.7 Å². The number of rotatable bonds is 1. The van der Waals surface area contributed by atoms with Gasteiger partial charge in [-0.05, 0) is 79.7 Å². The van der Waals surface area contributed by atoms with Crippen LogP contribution < -0.4 is 0 Å². The summed E-state index contributed by atoms with van der Waals surface area (Å²) in [5.74, 6) is 0.281. The van der Waals surface area contributed by atoms with Gasteiger partial charge in [-0.25, -0.2) is 0 Å². The zero-order chi connectivity index (χ0) is 17.1. The van der Waals surface area contributed by atoms with Gasteiger partial charge >= 0.3 is 5.97 Å². The van der Waals surface area contributed by atoms with E-state index >= 15 is 0 Å². The lowest BCUT2D eigenvalue weighted by molar-refractivity contribution is -0.161. The van der Waals surface area contributed by atoms with Gasteiger partial charge in [-0.2, -0.15) is 0 Å². The topological polar surface area (TPSA) is 39.4 Å². The second kappa shape index (κ2) is 5.11. The minimum atomic E-state index is -0.383. The van der Waals surface area contributed by atoms with Gasteiger partial charge in [0.1, 0.15) is 5.58 Å². The molecule has 4 rings (SSSR count). The molecule has 2 aliphatic carbocycles. The van der Waals surface area contributed by atoms with Crippen LogP contribution >= 0.6 is 0 Å². The molecule has 0 unspecified atom stereocenters. The van der Waals surface area contributed by atoms with Crippen LogP contribution in [-0.4, -0.2) is 13.1 Å². The van der Waals surface area contributed by atoms with Crippen LogP contribution in [0.3, 0.4) is 0 Å². The maximum absolute atomic E-state index is 12.6. The van der Waals surface area contributed by atoms with Crippen LogP contribution in [0.4, 0.5) is 0 Å². The summed E-state index contributed by atoms with van der Waals surface area (Å²) in [6.45, 7) is 6.68. The predicted octanol–water partition coefficient (Wildman–Crippen LogP) is 4.92. The molecule has 0 amide bonds. The summed E-state index contributed by atoms with van der Waals surface area (Å²) in [5.41, 5.74) is 4.82. The van der Waals surface area contributed by atoms with Crippen molar-refractivity contribution in [3.05, 3.63) is 35.1 Å². The number of hydrogen-bond donors (Lipinski definition) is 0. The molecule has 1 aromatic heterocycles. The van der Waals surface area contributed by atoms with Gasteiger partial charge in [0.05, 0.1) is 18.8 Å². The molecule has 0 radical (unpaired) electrons. The molecule has 0 N–H and O–H groups in total. The average molecular weight is 326 g/mol. The molecule has 3 atom stereocenters. The fourth-order valence-electron chi connectivity index (χ4n) is 5.76. The number of benzene rings is 1. The molecule has 24 heavy (non-hydrogen) atoms. The fourth-order valence-corrected chi connectivity index (χ4v) is 5.76. The third-order valence-corrected chi connectivity index (χ3v) is 7.03. The minimum absolute atomic E-state index is 0.0144. The van der Waals surface area contributed by atoms with Gasteiger partial charge in [0.2, 0.25) is 0 Å². The molecule has 1 heterocycles. The van der Waals surface area contributed by atoms with E-state index in [9.17, 15) is 4.79 Å². The number of fused-ring (bicyclic) bond motifs is 4. The van der Waals surface area contributed by atoms with Crippen molar-refractivity contribution in [2.75, 3.05) is 7.11 Å². The number of furan rings is 1. The van der Waals surface area contributed by atoms with E-state index in [-0.39, 0.29) is 16.8 Å². The van der Waals surface area contributed by atoms with Gasteiger partial charge < -0.3 is 9.15 Å². The Kier molecular flexibility index (Phi) is 3.35. The number of ether oxygens (including phenoxy) is 1. The van der Waals surface area contributed by atoms with Crippen LogP contribution in [-0.2, 0) is 21.4 Å². The summed E-state index contributed by atoms with van der Waals surface area (Å²) in [7, 11) is 1.52. The first kappa shape index (κ1) is 15.7. The molecular weight excluding hydrogens is 300 g/mol. The summed E-state index contributed by atoms with van der Waals surface area (Å²) in [6, 6.07) is 4.31. The van der Waals surface area contributed by atoms with E-state index in [1.165, 1.54) is 29.2 Å². The Morgan fingerprint density at radius 2 is 2.12 bits per heavy atom. The van der Waals surface area contributed by atoms with Crippen molar-refractivity contribution in [3.8, 4) is 0 Å². The molecule has 128 valence electrons.